The second kappa shape index (κ2) is 6.01. The van der Waals surface area contributed by atoms with E-state index in [-0.39, 0.29) is 5.82 Å². The van der Waals surface area contributed by atoms with Crippen molar-refractivity contribution in [3.05, 3.63) is 47.9 Å². The average molecular weight is 275 g/mol. The second-order valence-electron chi connectivity index (χ2n) is 4.02. The minimum Gasteiger partial charge on any atom is -0.494 e. The summed E-state index contributed by atoms with van der Waals surface area (Å²) in [7, 11) is 0. The molecule has 0 spiro atoms. The number of benzene rings is 1. The van der Waals surface area contributed by atoms with Crippen LogP contribution in [0, 0.1) is 5.95 Å². The lowest BCUT2D eigenvalue weighted by atomic mass is 10.1. The smallest absolute Gasteiger partial charge is 0.257 e. The molecule has 1 aromatic carbocycles. The first kappa shape index (κ1) is 13.8. The van der Waals surface area contributed by atoms with Crippen molar-refractivity contribution in [1.82, 2.24) is 4.98 Å². The fraction of sp³-hybridized carbons (Fsp3) is 0.143. The number of nitrogen functional groups attached to an aromatic ring is 1. The van der Waals surface area contributed by atoms with Gasteiger partial charge in [-0.3, -0.25) is 4.79 Å². The van der Waals surface area contributed by atoms with Crippen molar-refractivity contribution in [2.45, 2.75) is 6.92 Å². The van der Waals surface area contributed by atoms with Gasteiger partial charge < -0.3 is 15.8 Å². The highest BCUT2D eigenvalue weighted by Crippen LogP contribution is 2.19. The number of pyridine rings is 1. The molecule has 1 aromatic heterocycles. The third-order valence-electron chi connectivity index (χ3n) is 2.46. The number of hydrogen-bond acceptors (Lipinski definition) is 4. The summed E-state index contributed by atoms with van der Waals surface area (Å²) in [6.07, 6.45) is 0. The molecule has 0 saturated carbocycles. The van der Waals surface area contributed by atoms with E-state index in [4.69, 9.17) is 10.5 Å². The first-order valence-corrected chi connectivity index (χ1v) is 6.05. The van der Waals surface area contributed by atoms with Gasteiger partial charge in [-0.2, -0.15) is 4.39 Å². The molecule has 2 aromatic rings. The third-order valence-corrected chi connectivity index (χ3v) is 2.46. The molecule has 104 valence electrons. The summed E-state index contributed by atoms with van der Waals surface area (Å²) in [5, 5.41) is 2.49. The minimum absolute atomic E-state index is 0.135. The molecular formula is C14H14FN3O2. The monoisotopic (exact) mass is 275 g/mol. The number of carbonyl (C=O) groups is 1. The molecule has 0 fully saturated rings. The van der Waals surface area contributed by atoms with Gasteiger partial charge in [0, 0.05) is 17.3 Å². The Hall–Kier alpha value is -2.63. The average Bonchev–Trinajstić information content (AvgIpc) is 2.38. The van der Waals surface area contributed by atoms with E-state index < -0.39 is 11.9 Å². The van der Waals surface area contributed by atoms with Crippen molar-refractivity contribution < 1.29 is 13.9 Å². The molecule has 0 aliphatic carbocycles. The number of hydrogen-bond donors (Lipinski definition) is 2. The number of amides is 1. The lowest BCUT2D eigenvalue weighted by Crippen LogP contribution is -2.14. The van der Waals surface area contributed by atoms with Crippen LogP contribution in [-0.2, 0) is 0 Å². The quantitative estimate of drug-likeness (QED) is 0.663. The maximum atomic E-state index is 12.9. The van der Waals surface area contributed by atoms with Crippen LogP contribution in [0.2, 0.25) is 0 Å². The van der Waals surface area contributed by atoms with E-state index in [2.05, 4.69) is 10.3 Å². The Bertz CT molecular complexity index is 632. The zero-order valence-electron chi connectivity index (χ0n) is 10.9. The van der Waals surface area contributed by atoms with Crippen molar-refractivity contribution in [2.75, 3.05) is 17.7 Å². The van der Waals surface area contributed by atoms with Crippen LogP contribution in [0.5, 0.6) is 5.75 Å². The van der Waals surface area contributed by atoms with Crippen LogP contribution < -0.4 is 15.8 Å². The van der Waals surface area contributed by atoms with Crippen LogP contribution in [0.3, 0.4) is 0 Å². The fourth-order valence-electron chi connectivity index (χ4n) is 1.67. The van der Waals surface area contributed by atoms with Gasteiger partial charge in [-0.1, -0.05) is 6.07 Å². The molecule has 6 heteroatoms. The molecule has 1 amide bonds. The van der Waals surface area contributed by atoms with Gasteiger partial charge in [-0.05, 0) is 31.2 Å². The minimum atomic E-state index is -0.662. The summed E-state index contributed by atoms with van der Waals surface area (Å²) in [6, 6.07) is 8.86. The second-order valence-corrected chi connectivity index (χ2v) is 4.02. The normalized spacial score (nSPS) is 10.1. The van der Waals surface area contributed by atoms with Crippen LogP contribution in [0.15, 0.2) is 36.4 Å². The maximum absolute atomic E-state index is 12.9. The zero-order chi connectivity index (χ0) is 14.5. The van der Waals surface area contributed by atoms with Crippen LogP contribution in [0.4, 0.5) is 15.9 Å². The van der Waals surface area contributed by atoms with E-state index in [0.717, 1.165) is 0 Å². The van der Waals surface area contributed by atoms with E-state index in [1.807, 2.05) is 6.92 Å². The standard InChI is InChI=1S/C14H14FN3O2/c1-2-20-11-7-9(6-10(16)8-11)14(19)18-13-5-3-4-12(15)17-13/h3-8H,2,16H2,1H3,(H,17,18,19). The van der Waals surface area contributed by atoms with Crippen molar-refractivity contribution in [2.24, 2.45) is 0 Å². The van der Waals surface area contributed by atoms with Gasteiger partial charge >= 0.3 is 0 Å². The molecule has 1 heterocycles. The highest BCUT2D eigenvalue weighted by atomic mass is 19.1. The van der Waals surface area contributed by atoms with E-state index in [1.165, 1.54) is 24.3 Å². The molecule has 0 saturated heterocycles. The highest BCUT2D eigenvalue weighted by molar-refractivity contribution is 6.04. The first-order valence-electron chi connectivity index (χ1n) is 6.05. The Morgan fingerprint density at radius 2 is 2.20 bits per heavy atom. The molecule has 5 nitrogen and oxygen atoms in total. The van der Waals surface area contributed by atoms with Gasteiger partial charge in [0.05, 0.1) is 6.61 Å². The van der Waals surface area contributed by atoms with Gasteiger partial charge in [0.25, 0.3) is 5.91 Å². The molecule has 0 radical (unpaired) electrons. The Labute approximate surface area is 115 Å². The number of halogens is 1. The molecule has 0 unspecified atom stereocenters. The van der Waals surface area contributed by atoms with Gasteiger partial charge in [-0.25, -0.2) is 4.98 Å². The third kappa shape index (κ3) is 3.44. The van der Waals surface area contributed by atoms with Crippen molar-refractivity contribution in [1.29, 1.82) is 0 Å². The predicted molar refractivity (Wildman–Crippen MR) is 74.2 cm³/mol. The number of carbonyl (C=O) groups excluding carboxylic acids is 1. The van der Waals surface area contributed by atoms with Crippen LogP contribution >= 0.6 is 0 Å². The van der Waals surface area contributed by atoms with E-state index >= 15 is 0 Å². The summed E-state index contributed by atoms with van der Waals surface area (Å²) in [6.45, 7) is 2.30. The molecule has 3 N–H and O–H groups in total. The zero-order valence-corrected chi connectivity index (χ0v) is 10.9. The molecule has 0 aliphatic rings. The van der Waals surface area contributed by atoms with Gasteiger partial charge in [0.2, 0.25) is 5.95 Å². The molecule has 0 aliphatic heterocycles. The summed E-state index contributed by atoms with van der Waals surface area (Å²) in [5.41, 5.74) is 6.44. The Morgan fingerprint density at radius 3 is 2.90 bits per heavy atom. The van der Waals surface area contributed by atoms with Crippen molar-refractivity contribution in [3.8, 4) is 5.75 Å². The van der Waals surface area contributed by atoms with Crippen molar-refractivity contribution >= 4 is 17.4 Å². The topological polar surface area (TPSA) is 77.2 Å². The fourth-order valence-corrected chi connectivity index (χ4v) is 1.67. The Morgan fingerprint density at radius 1 is 1.40 bits per heavy atom. The first-order chi connectivity index (χ1) is 9.58. The van der Waals surface area contributed by atoms with Gasteiger partial charge in [0.1, 0.15) is 11.6 Å². The summed E-state index contributed by atoms with van der Waals surface area (Å²) < 4.78 is 18.3. The van der Waals surface area contributed by atoms with E-state index in [1.54, 1.807) is 12.1 Å². The summed E-state index contributed by atoms with van der Waals surface area (Å²) in [4.78, 5) is 15.6. The summed E-state index contributed by atoms with van der Waals surface area (Å²) >= 11 is 0. The number of anilines is 2. The maximum Gasteiger partial charge on any atom is 0.257 e. The lowest BCUT2D eigenvalue weighted by molar-refractivity contribution is 0.102. The van der Waals surface area contributed by atoms with E-state index in [9.17, 15) is 9.18 Å². The molecule has 0 bridgehead atoms. The lowest BCUT2D eigenvalue weighted by Gasteiger charge is -2.08. The molecule has 2 rings (SSSR count). The molecule has 0 atom stereocenters. The Kier molecular flexibility index (Phi) is 4.14. The number of nitrogens with zero attached hydrogens (tertiary/aromatic N) is 1. The number of aromatic nitrogens is 1. The van der Waals surface area contributed by atoms with E-state index in [0.29, 0.717) is 23.6 Å². The van der Waals surface area contributed by atoms with Gasteiger partial charge in [-0.15, -0.1) is 0 Å². The number of ether oxygens (including phenoxy) is 1. The van der Waals surface area contributed by atoms with Crippen LogP contribution in [0.25, 0.3) is 0 Å². The predicted octanol–water partition coefficient (Wildman–Crippen LogP) is 2.45. The summed E-state index contributed by atoms with van der Waals surface area (Å²) in [5.74, 6) is -0.457. The number of nitrogens with two attached hydrogens (primary N) is 1. The number of nitrogens with one attached hydrogen (secondary N) is 1. The highest BCUT2D eigenvalue weighted by Gasteiger charge is 2.10. The van der Waals surface area contributed by atoms with Crippen molar-refractivity contribution in [3.63, 3.8) is 0 Å². The molecule has 20 heavy (non-hydrogen) atoms. The molecular weight excluding hydrogens is 261 g/mol. The largest absolute Gasteiger partial charge is 0.494 e. The SMILES string of the molecule is CCOc1cc(N)cc(C(=O)Nc2cccc(F)n2)c1. The van der Waals surface area contributed by atoms with Crippen LogP contribution in [-0.4, -0.2) is 17.5 Å². The number of rotatable bonds is 4. The van der Waals surface area contributed by atoms with Crippen LogP contribution in [0.1, 0.15) is 17.3 Å². The van der Waals surface area contributed by atoms with Gasteiger partial charge in [0.15, 0.2) is 0 Å². The Balaban J connectivity index is 2.20.